The van der Waals surface area contributed by atoms with Gasteiger partial charge in [-0.1, -0.05) is 0 Å². The minimum atomic E-state index is -1.17. The Morgan fingerprint density at radius 3 is 1.69 bits per heavy atom. The molecule has 0 radical (unpaired) electrons. The molecule has 0 saturated heterocycles. The van der Waals surface area contributed by atoms with Crippen molar-refractivity contribution in [2.24, 2.45) is 0 Å². The first kappa shape index (κ1) is 18.3. The minimum absolute atomic E-state index is 0.269. The smallest absolute Gasteiger partial charge is 0.336 e. The van der Waals surface area contributed by atoms with Crippen LogP contribution in [0.4, 0.5) is 0 Å². The fraction of sp³-hybridized carbons (Fsp3) is 0.0952. The van der Waals surface area contributed by atoms with E-state index in [-0.39, 0.29) is 11.5 Å². The van der Waals surface area contributed by atoms with Crippen molar-refractivity contribution in [3.05, 3.63) is 81.5 Å². The van der Waals surface area contributed by atoms with Crippen LogP contribution in [-0.4, -0.2) is 17.4 Å². The SMILES string of the molecule is O=C(O)CC(Oc1ccc2ccc(=O)oc2c1)Oc1ccc2ccc(=O)oc2c1. The second-order valence-corrected chi connectivity index (χ2v) is 6.17. The van der Waals surface area contributed by atoms with Crippen molar-refractivity contribution in [3.8, 4) is 11.5 Å². The molecule has 8 heteroatoms. The highest BCUT2D eigenvalue weighted by Gasteiger charge is 2.18. The zero-order valence-corrected chi connectivity index (χ0v) is 14.9. The maximum Gasteiger partial charge on any atom is 0.336 e. The predicted octanol–water partition coefficient (Wildman–Crippen LogP) is 3.16. The maximum atomic E-state index is 11.4. The molecule has 146 valence electrons. The van der Waals surface area contributed by atoms with Gasteiger partial charge in [0.2, 0.25) is 0 Å². The van der Waals surface area contributed by atoms with E-state index in [1.54, 1.807) is 36.4 Å². The highest BCUT2D eigenvalue weighted by molar-refractivity contribution is 5.78. The lowest BCUT2D eigenvalue weighted by atomic mass is 10.2. The number of hydrogen-bond donors (Lipinski definition) is 1. The number of carboxylic acids is 1. The summed E-state index contributed by atoms with van der Waals surface area (Å²) < 4.78 is 21.5. The fourth-order valence-corrected chi connectivity index (χ4v) is 2.78. The number of fused-ring (bicyclic) bond motifs is 2. The molecule has 2 aromatic heterocycles. The molecule has 0 saturated carbocycles. The summed E-state index contributed by atoms with van der Waals surface area (Å²) >= 11 is 0. The summed E-state index contributed by atoms with van der Waals surface area (Å²) in [5.74, 6) is -0.592. The van der Waals surface area contributed by atoms with Gasteiger partial charge in [-0.2, -0.15) is 0 Å². The van der Waals surface area contributed by atoms with Crippen LogP contribution in [0, 0.1) is 0 Å². The zero-order valence-electron chi connectivity index (χ0n) is 14.9. The van der Waals surface area contributed by atoms with E-state index >= 15 is 0 Å². The van der Waals surface area contributed by atoms with Crippen molar-refractivity contribution in [2.75, 3.05) is 0 Å². The third-order valence-electron chi connectivity index (χ3n) is 4.07. The van der Waals surface area contributed by atoms with Gasteiger partial charge in [0, 0.05) is 35.0 Å². The molecule has 2 aromatic carbocycles. The van der Waals surface area contributed by atoms with E-state index in [0.717, 1.165) is 0 Å². The highest BCUT2D eigenvalue weighted by atomic mass is 16.7. The predicted molar refractivity (Wildman–Crippen MR) is 102 cm³/mol. The van der Waals surface area contributed by atoms with Crippen LogP contribution in [0.1, 0.15) is 6.42 Å². The molecule has 0 aliphatic heterocycles. The van der Waals surface area contributed by atoms with Crippen molar-refractivity contribution in [1.29, 1.82) is 0 Å². The summed E-state index contributed by atoms with van der Waals surface area (Å²) in [5, 5.41) is 10.6. The third kappa shape index (κ3) is 4.27. The first-order valence-corrected chi connectivity index (χ1v) is 8.59. The summed E-state index contributed by atoms with van der Waals surface area (Å²) in [4.78, 5) is 34.0. The summed E-state index contributed by atoms with van der Waals surface area (Å²) in [5.41, 5.74) is -0.413. The van der Waals surface area contributed by atoms with Crippen LogP contribution in [0.3, 0.4) is 0 Å². The normalized spacial score (nSPS) is 11.1. The summed E-state index contributed by atoms with van der Waals surface area (Å²) in [6.07, 6.45) is -1.62. The third-order valence-corrected chi connectivity index (χ3v) is 4.07. The average Bonchev–Trinajstić information content (AvgIpc) is 2.66. The molecule has 0 aliphatic rings. The quantitative estimate of drug-likeness (QED) is 0.392. The second kappa shape index (κ2) is 7.51. The van der Waals surface area contributed by atoms with Crippen LogP contribution >= 0.6 is 0 Å². The Morgan fingerprint density at radius 1 is 0.793 bits per heavy atom. The number of ether oxygens (including phenoxy) is 2. The standard InChI is InChI=1S/C21H14O8/c22-18(23)11-21(26-14-5-1-12-3-7-19(24)28-16(12)9-14)27-15-6-2-13-4-8-20(25)29-17(13)10-15/h1-10,21H,11H2,(H,22,23). The van der Waals surface area contributed by atoms with Crippen LogP contribution in [-0.2, 0) is 4.79 Å². The maximum absolute atomic E-state index is 11.4. The first-order chi connectivity index (χ1) is 14.0. The summed E-state index contributed by atoms with van der Waals surface area (Å²) in [6.45, 7) is 0. The molecule has 4 rings (SSSR count). The van der Waals surface area contributed by atoms with Crippen molar-refractivity contribution >= 4 is 27.9 Å². The largest absolute Gasteiger partial charge is 0.481 e. The lowest BCUT2D eigenvalue weighted by Crippen LogP contribution is -2.27. The van der Waals surface area contributed by atoms with Crippen molar-refractivity contribution < 1.29 is 28.2 Å². The molecule has 0 atom stereocenters. The average molecular weight is 394 g/mol. The molecular formula is C21H14O8. The minimum Gasteiger partial charge on any atom is -0.481 e. The molecule has 0 spiro atoms. The first-order valence-electron chi connectivity index (χ1n) is 8.59. The molecule has 8 nitrogen and oxygen atoms in total. The van der Waals surface area contributed by atoms with Crippen molar-refractivity contribution in [1.82, 2.24) is 0 Å². The van der Waals surface area contributed by atoms with E-state index in [9.17, 15) is 19.5 Å². The van der Waals surface area contributed by atoms with Gasteiger partial charge in [0.05, 0.1) is 0 Å². The Kier molecular flexibility index (Phi) is 4.74. The summed E-state index contributed by atoms with van der Waals surface area (Å²) in [7, 11) is 0. The van der Waals surface area contributed by atoms with Crippen LogP contribution in [0.2, 0.25) is 0 Å². The monoisotopic (exact) mass is 394 g/mol. The molecule has 29 heavy (non-hydrogen) atoms. The Hall–Kier alpha value is -4.07. The van der Waals surface area contributed by atoms with Gasteiger partial charge in [-0.05, 0) is 36.4 Å². The number of rotatable bonds is 6. The molecule has 0 bridgehead atoms. The Bertz CT molecular complexity index is 1220. The molecule has 0 fully saturated rings. The van der Waals surface area contributed by atoms with Gasteiger partial charge in [-0.3, -0.25) is 4.79 Å². The van der Waals surface area contributed by atoms with E-state index in [1.807, 2.05) is 0 Å². The molecule has 4 aromatic rings. The van der Waals surface area contributed by atoms with Crippen LogP contribution in [0.25, 0.3) is 21.9 Å². The van der Waals surface area contributed by atoms with Gasteiger partial charge in [-0.25, -0.2) is 9.59 Å². The topological polar surface area (TPSA) is 116 Å². The van der Waals surface area contributed by atoms with E-state index < -0.39 is 29.9 Å². The molecule has 0 unspecified atom stereocenters. The molecular weight excluding hydrogens is 380 g/mol. The zero-order chi connectivity index (χ0) is 20.4. The van der Waals surface area contributed by atoms with Crippen LogP contribution in [0.5, 0.6) is 11.5 Å². The number of carboxylic acid groups (broad SMARTS) is 1. The van der Waals surface area contributed by atoms with Gasteiger partial charge in [-0.15, -0.1) is 0 Å². The molecule has 0 aliphatic carbocycles. The van der Waals surface area contributed by atoms with Gasteiger partial charge in [0.15, 0.2) is 0 Å². The lowest BCUT2D eigenvalue weighted by molar-refractivity contribution is -0.142. The van der Waals surface area contributed by atoms with E-state index in [0.29, 0.717) is 21.9 Å². The van der Waals surface area contributed by atoms with Gasteiger partial charge < -0.3 is 23.4 Å². The Morgan fingerprint density at radius 2 is 1.24 bits per heavy atom. The molecule has 2 heterocycles. The van der Waals surface area contributed by atoms with E-state index in [1.165, 1.54) is 24.3 Å². The van der Waals surface area contributed by atoms with Crippen molar-refractivity contribution in [2.45, 2.75) is 12.7 Å². The lowest BCUT2D eigenvalue weighted by Gasteiger charge is -2.19. The van der Waals surface area contributed by atoms with Gasteiger partial charge >= 0.3 is 17.2 Å². The van der Waals surface area contributed by atoms with Crippen molar-refractivity contribution in [3.63, 3.8) is 0 Å². The Balaban J connectivity index is 1.61. The second-order valence-electron chi connectivity index (χ2n) is 6.17. The number of benzene rings is 2. The fourth-order valence-electron chi connectivity index (χ4n) is 2.78. The number of aliphatic carboxylic acids is 1. The van der Waals surface area contributed by atoms with Gasteiger partial charge in [0.25, 0.3) is 6.29 Å². The van der Waals surface area contributed by atoms with E-state index in [2.05, 4.69) is 0 Å². The van der Waals surface area contributed by atoms with Crippen LogP contribution < -0.4 is 20.7 Å². The number of hydrogen-bond acceptors (Lipinski definition) is 7. The van der Waals surface area contributed by atoms with Crippen LogP contribution in [0.15, 0.2) is 79.1 Å². The van der Waals surface area contributed by atoms with E-state index in [4.69, 9.17) is 18.3 Å². The highest BCUT2D eigenvalue weighted by Crippen LogP contribution is 2.24. The molecule has 1 N–H and O–H groups in total. The Labute approximate surface area is 162 Å². The summed E-state index contributed by atoms with van der Waals surface area (Å²) in [6, 6.07) is 15.4. The molecule has 0 amide bonds. The van der Waals surface area contributed by atoms with Gasteiger partial charge in [0.1, 0.15) is 29.1 Å². The number of carbonyl (C=O) groups is 1.